The van der Waals surface area contributed by atoms with Crippen LogP contribution in [0.25, 0.3) is 0 Å². The monoisotopic (exact) mass is 497 g/mol. The number of nitrogens with zero attached hydrogens (tertiary/aromatic N) is 3. The van der Waals surface area contributed by atoms with Crippen molar-refractivity contribution in [2.24, 2.45) is 0 Å². The summed E-state index contributed by atoms with van der Waals surface area (Å²) >= 11 is 17.3. The molecule has 0 fully saturated rings. The molecule has 0 bridgehead atoms. The third-order valence-corrected chi connectivity index (χ3v) is 6.01. The number of rotatable bonds is 8. The number of aromatic nitrogens is 3. The van der Waals surface area contributed by atoms with E-state index in [4.69, 9.17) is 27.9 Å². The Morgan fingerprint density at radius 1 is 1.21 bits per heavy atom. The van der Waals surface area contributed by atoms with E-state index >= 15 is 0 Å². The second-order valence-corrected chi connectivity index (χ2v) is 8.69. The SMILES string of the molecule is C=CCn1c(SCc2ccc(Br)cc2)nnc1C(C)Oc1cc(Cl)ccc1Cl. The number of allylic oxidation sites excluding steroid dienone is 1. The molecule has 146 valence electrons. The van der Waals surface area contributed by atoms with Crippen LogP contribution in [0.1, 0.15) is 24.4 Å². The molecule has 3 aromatic rings. The van der Waals surface area contributed by atoms with Crippen molar-refractivity contribution in [1.29, 1.82) is 0 Å². The summed E-state index contributed by atoms with van der Waals surface area (Å²) in [7, 11) is 0. The molecular formula is C20H18BrCl2N3OS. The summed E-state index contributed by atoms with van der Waals surface area (Å²) in [6, 6.07) is 13.3. The lowest BCUT2D eigenvalue weighted by Crippen LogP contribution is -2.12. The molecule has 2 aromatic carbocycles. The first kappa shape index (κ1) is 21.2. The number of hydrogen-bond acceptors (Lipinski definition) is 4. The molecule has 1 heterocycles. The zero-order valence-corrected chi connectivity index (χ0v) is 19.0. The highest BCUT2D eigenvalue weighted by Crippen LogP contribution is 2.32. The van der Waals surface area contributed by atoms with Gasteiger partial charge < -0.3 is 4.74 Å². The minimum absolute atomic E-state index is 0.356. The van der Waals surface area contributed by atoms with Gasteiger partial charge in [0, 0.05) is 27.9 Å². The second kappa shape index (κ2) is 9.83. The third kappa shape index (κ3) is 5.32. The highest BCUT2D eigenvalue weighted by atomic mass is 79.9. The molecule has 1 atom stereocenters. The van der Waals surface area contributed by atoms with Crippen LogP contribution in [0.5, 0.6) is 5.75 Å². The van der Waals surface area contributed by atoms with E-state index in [-0.39, 0.29) is 6.10 Å². The van der Waals surface area contributed by atoms with Crippen LogP contribution >= 0.6 is 50.9 Å². The normalized spacial score (nSPS) is 12.0. The Labute approximate surface area is 187 Å². The Morgan fingerprint density at radius 2 is 1.96 bits per heavy atom. The molecule has 0 spiro atoms. The predicted octanol–water partition coefficient (Wildman–Crippen LogP) is 6.97. The van der Waals surface area contributed by atoms with Gasteiger partial charge in [0.1, 0.15) is 5.75 Å². The molecule has 1 unspecified atom stereocenters. The molecule has 0 aliphatic rings. The maximum Gasteiger partial charge on any atom is 0.191 e. The lowest BCUT2D eigenvalue weighted by Gasteiger charge is -2.16. The third-order valence-electron chi connectivity index (χ3n) is 3.90. The number of benzene rings is 2. The van der Waals surface area contributed by atoms with E-state index in [0.29, 0.717) is 28.2 Å². The average molecular weight is 499 g/mol. The summed E-state index contributed by atoms with van der Waals surface area (Å²) in [4.78, 5) is 0. The van der Waals surface area contributed by atoms with E-state index in [2.05, 4.69) is 44.8 Å². The van der Waals surface area contributed by atoms with Crippen molar-refractivity contribution < 1.29 is 4.74 Å². The molecule has 0 radical (unpaired) electrons. The minimum Gasteiger partial charge on any atom is -0.481 e. The Bertz CT molecular complexity index is 963. The molecule has 0 amide bonds. The van der Waals surface area contributed by atoms with Crippen LogP contribution in [-0.4, -0.2) is 14.8 Å². The number of hydrogen-bond donors (Lipinski definition) is 0. The largest absolute Gasteiger partial charge is 0.481 e. The summed E-state index contributed by atoms with van der Waals surface area (Å²) in [6.45, 7) is 6.34. The summed E-state index contributed by atoms with van der Waals surface area (Å²) in [6.07, 6.45) is 1.46. The van der Waals surface area contributed by atoms with Gasteiger partial charge in [-0.2, -0.15) is 0 Å². The van der Waals surface area contributed by atoms with Crippen LogP contribution in [0.4, 0.5) is 0 Å². The molecule has 0 aliphatic carbocycles. The van der Waals surface area contributed by atoms with E-state index in [0.717, 1.165) is 15.4 Å². The van der Waals surface area contributed by atoms with Crippen LogP contribution in [0.3, 0.4) is 0 Å². The molecule has 0 saturated heterocycles. The fourth-order valence-electron chi connectivity index (χ4n) is 2.55. The Hall–Kier alpha value is -1.47. The highest BCUT2D eigenvalue weighted by molar-refractivity contribution is 9.10. The van der Waals surface area contributed by atoms with E-state index in [1.54, 1.807) is 30.0 Å². The molecule has 0 aliphatic heterocycles. The molecule has 4 nitrogen and oxygen atoms in total. The van der Waals surface area contributed by atoms with Gasteiger partial charge in [-0.05, 0) is 36.8 Å². The van der Waals surface area contributed by atoms with Crippen LogP contribution < -0.4 is 4.74 Å². The molecule has 28 heavy (non-hydrogen) atoms. The lowest BCUT2D eigenvalue weighted by molar-refractivity contribution is 0.210. The van der Waals surface area contributed by atoms with Gasteiger partial charge in [-0.1, -0.05) is 69.1 Å². The van der Waals surface area contributed by atoms with E-state index < -0.39 is 0 Å². The molecule has 0 N–H and O–H groups in total. The Morgan fingerprint density at radius 3 is 2.68 bits per heavy atom. The van der Waals surface area contributed by atoms with Crippen LogP contribution in [0.2, 0.25) is 10.0 Å². The van der Waals surface area contributed by atoms with E-state index in [1.165, 1.54) is 5.56 Å². The topological polar surface area (TPSA) is 39.9 Å². The molecule has 1 aromatic heterocycles. The van der Waals surface area contributed by atoms with Gasteiger partial charge in [0.05, 0.1) is 5.02 Å². The van der Waals surface area contributed by atoms with Crippen LogP contribution in [-0.2, 0) is 12.3 Å². The van der Waals surface area contributed by atoms with Crippen molar-refractivity contribution in [1.82, 2.24) is 14.8 Å². The Kier molecular flexibility index (Phi) is 7.46. The standard InChI is InChI=1S/C20H18BrCl2N3OS/c1-3-10-26-19(13(2)27-18-11-16(22)8-9-17(18)23)24-25-20(26)28-12-14-4-6-15(21)7-5-14/h3-9,11,13H,1,10,12H2,2H3. The van der Waals surface area contributed by atoms with Gasteiger partial charge in [-0.15, -0.1) is 16.8 Å². The lowest BCUT2D eigenvalue weighted by atomic mass is 10.2. The number of thioether (sulfide) groups is 1. The Balaban J connectivity index is 1.78. The van der Waals surface area contributed by atoms with Crippen LogP contribution in [0.15, 0.2) is 64.7 Å². The summed E-state index contributed by atoms with van der Waals surface area (Å²) < 4.78 is 9.06. The summed E-state index contributed by atoms with van der Waals surface area (Å²) in [5.41, 5.74) is 1.21. The molecule has 3 rings (SSSR count). The first-order chi connectivity index (χ1) is 13.5. The fraction of sp³-hybridized carbons (Fsp3) is 0.200. The van der Waals surface area contributed by atoms with Gasteiger partial charge in [-0.3, -0.25) is 4.57 Å². The second-order valence-electron chi connectivity index (χ2n) is 5.99. The van der Waals surface area contributed by atoms with Crippen molar-refractivity contribution >= 4 is 50.9 Å². The first-order valence-electron chi connectivity index (χ1n) is 8.51. The van der Waals surface area contributed by atoms with Gasteiger partial charge >= 0.3 is 0 Å². The van der Waals surface area contributed by atoms with Gasteiger partial charge in [0.15, 0.2) is 17.1 Å². The van der Waals surface area contributed by atoms with Gasteiger partial charge in [0.2, 0.25) is 0 Å². The number of halogens is 3. The van der Waals surface area contributed by atoms with Gasteiger partial charge in [-0.25, -0.2) is 0 Å². The average Bonchev–Trinajstić information content (AvgIpc) is 3.07. The van der Waals surface area contributed by atoms with Crippen molar-refractivity contribution in [3.63, 3.8) is 0 Å². The minimum atomic E-state index is -0.356. The zero-order valence-electron chi connectivity index (χ0n) is 15.1. The molecular weight excluding hydrogens is 481 g/mol. The maximum atomic E-state index is 6.21. The maximum absolute atomic E-state index is 6.21. The van der Waals surface area contributed by atoms with Crippen molar-refractivity contribution in [3.8, 4) is 5.75 Å². The van der Waals surface area contributed by atoms with Crippen molar-refractivity contribution in [3.05, 3.63) is 81.0 Å². The van der Waals surface area contributed by atoms with Gasteiger partial charge in [0.25, 0.3) is 0 Å². The fourth-order valence-corrected chi connectivity index (χ4v) is 4.05. The quantitative estimate of drug-likeness (QED) is 0.248. The first-order valence-corrected chi connectivity index (χ1v) is 11.0. The van der Waals surface area contributed by atoms with Crippen LogP contribution in [0, 0.1) is 0 Å². The molecule has 8 heteroatoms. The van der Waals surface area contributed by atoms with E-state index in [9.17, 15) is 0 Å². The number of ether oxygens (including phenoxy) is 1. The van der Waals surface area contributed by atoms with Crippen molar-refractivity contribution in [2.45, 2.75) is 30.5 Å². The zero-order chi connectivity index (χ0) is 20.1. The summed E-state index contributed by atoms with van der Waals surface area (Å²) in [5.74, 6) is 2.01. The smallest absolute Gasteiger partial charge is 0.191 e. The highest BCUT2D eigenvalue weighted by Gasteiger charge is 2.20. The summed E-state index contributed by atoms with van der Waals surface area (Å²) in [5, 5.41) is 10.6. The predicted molar refractivity (Wildman–Crippen MR) is 119 cm³/mol. The van der Waals surface area contributed by atoms with Crippen molar-refractivity contribution in [2.75, 3.05) is 0 Å². The van der Waals surface area contributed by atoms with E-state index in [1.807, 2.05) is 29.7 Å². The molecule has 0 saturated carbocycles.